The van der Waals surface area contributed by atoms with Crippen LogP contribution in [0.2, 0.25) is 0 Å². The van der Waals surface area contributed by atoms with Gasteiger partial charge in [-0.05, 0) is 38.5 Å². The predicted octanol–water partition coefficient (Wildman–Crippen LogP) is 15.3. The van der Waals surface area contributed by atoms with Gasteiger partial charge >= 0.3 is 19.8 Å². The van der Waals surface area contributed by atoms with Crippen LogP contribution in [-0.4, -0.2) is 49.3 Å². The van der Waals surface area contributed by atoms with Crippen molar-refractivity contribution in [2.75, 3.05) is 26.4 Å². The number of ether oxygens (including phenoxy) is 2. The van der Waals surface area contributed by atoms with Crippen molar-refractivity contribution in [3.05, 3.63) is 12.2 Å². The van der Waals surface area contributed by atoms with Gasteiger partial charge in [-0.1, -0.05) is 225 Å². The first kappa shape index (κ1) is 58.8. The summed E-state index contributed by atoms with van der Waals surface area (Å²) in [7, 11) is -4.37. The fourth-order valence-electron chi connectivity index (χ4n) is 7.57. The molecule has 0 radical (unpaired) electrons. The van der Waals surface area contributed by atoms with Crippen molar-refractivity contribution in [3.8, 4) is 0 Å². The Morgan fingerprint density at radius 1 is 0.483 bits per heavy atom. The van der Waals surface area contributed by atoms with Gasteiger partial charge in [-0.15, -0.1) is 0 Å². The first-order valence-corrected chi connectivity index (χ1v) is 27.2. The lowest BCUT2D eigenvalue weighted by Crippen LogP contribution is -2.29. The van der Waals surface area contributed by atoms with Gasteiger partial charge in [0.25, 0.3) is 0 Å². The monoisotopic (exact) mass is 872 g/mol. The molecule has 0 aliphatic carbocycles. The number of hydrogen-bond donors (Lipinski definition) is 2. The zero-order chi connectivity index (χ0) is 43.9. The van der Waals surface area contributed by atoms with Crippen molar-refractivity contribution >= 4 is 19.8 Å². The molecule has 0 fully saturated rings. The van der Waals surface area contributed by atoms with Crippen LogP contribution in [0.25, 0.3) is 0 Å². The van der Waals surface area contributed by atoms with Gasteiger partial charge in [-0.25, -0.2) is 4.57 Å². The Kier molecular flexibility index (Phi) is 46.3. The fourth-order valence-corrected chi connectivity index (χ4v) is 8.34. The molecule has 356 valence electrons. The maximum atomic E-state index is 12.6. The molecule has 0 aliphatic rings. The van der Waals surface area contributed by atoms with Crippen LogP contribution < -0.4 is 5.73 Å². The average Bonchev–Trinajstić information content (AvgIpc) is 3.24. The van der Waals surface area contributed by atoms with Crippen molar-refractivity contribution in [1.29, 1.82) is 0 Å². The van der Waals surface area contributed by atoms with E-state index in [9.17, 15) is 19.0 Å². The third-order valence-electron chi connectivity index (χ3n) is 11.4. The maximum Gasteiger partial charge on any atom is 0.472 e. The second kappa shape index (κ2) is 47.2. The maximum absolute atomic E-state index is 12.6. The summed E-state index contributed by atoms with van der Waals surface area (Å²) in [6, 6.07) is 0. The molecule has 0 rings (SSSR count). The number of phosphoric acid groups is 1. The number of unbranched alkanes of at least 4 members (excludes halogenated alkanes) is 34. The van der Waals surface area contributed by atoms with Gasteiger partial charge in [0, 0.05) is 19.4 Å². The molecule has 0 bridgehead atoms. The van der Waals surface area contributed by atoms with Crippen molar-refractivity contribution in [1.82, 2.24) is 0 Å². The second-order valence-corrected chi connectivity index (χ2v) is 18.9. The molecule has 3 N–H and O–H groups in total. The summed E-state index contributed by atoms with van der Waals surface area (Å²) in [6.45, 7) is 3.77. The van der Waals surface area contributed by atoms with Crippen LogP contribution in [0.15, 0.2) is 12.2 Å². The largest absolute Gasteiger partial charge is 0.472 e. The number of rotatable bonds is 49. The van der Waals surface area contributed by atoms with Crippen LogP contribution in [0, 0.1) is 0 Å². The van der Waals surface area contributed by atoms with E-state index in [0.29, 0.717) is 6.42 Å². The Labute approximate surface area is 370 Å². The van der Waals surface area contributed by atoms with Gasteiger partial charge in [-0.2, -0.15) is 0 Å². The molecule has 2 atom stereocenters. The Balaban J connectivity index is 3.91. The van der Waals surface area contributed by atoms with Gasteiger partial charge in [0.2, 0.25) is 0 Å². The quantitative estimate of drug-likeness (QED) is 0.0265. The summed E-state index contributed by atoms with van der Waals surface area (Å²) in [5.41, 5.74) is 5.36. The van der Waals surface area contributed by atoms with Crippen LogP contribution in [-0.2, 0) is 32.7 Å². The molecule has 10 heteroatoms. The van der Waals surface area contributed by atoms with Gasteiger partial charge < -0.3 is 20.1 Å². The Bertz CT molecular complexity index is 995. The molecular weight excluding hydrogens is 774 g/mol. The van der Waals surface area contributed by atoms with Crippen molar-refractivity contribution in [2.45, 2.75) is 270 Å². The minimum absolute atomic E-state index is 0.0569. The summed E-state index contributed by atoms with van der Waals surface area (Å²) in [5.74, 6) is -0.813. The lowest BCUT2D eigenvalue weighted by Gasteiger charge is -2.19. The van der Waals surface area contributed by atoms with Crippen LogP contribution in [0.4, 0.5) is 0 Å². The first-order chi connectivity index (χ1) is 29.3. The number of phosphoric ester groups is 1. The molecule has 0 saturated carbocycles. The van der Waals surface area contributed by atoms with E-state index in [-0.39, 0.29) is 38.6 Å². The van der Waals surface area contributed by atoms with Crippen LogP contribution in [0.1, 0.15) is 264 Å². The minimum atomic E-state index is -4.37. The van der Waals surface area contributed by atoms with Crippen LogP contribution >= 0.6 is 7.82 Å². The van der Waals surface area contributed by atoms with E-state index in [0.717, 1.165) is 32.1 Å². The molecule has 0 aromatic carbocycles. The van der Waals surface area contributed by atoms with Crippen LogP contribution in [0.5, 0.6) is 0 Å². The molecule has 2 unspecified atom stereocenters. The highest BCUT2D eigenvalue weighted by Gasteiger charge is 2.26. The normalized spacial score (nSPS) is 13.2. The Morgan fingerprint density at radius 3 is 1.18 bits per heavy atom. The number of hydrogen-bond acceptors (Lipinski definition) is 8. The van der Waals surface area contributed by atoms with E-state index < -0.39 is 26.5 Å². The summed E-state index contributed by atoms with van der Waals surface area (Å²) < 4.78 is 32.9. The summed E-state index contributed by atoms with van der Waals surface area (Å²) in [5, 5.41) is 0. The number of allylic oxidation sites excluding steroid dienone is 2. The van der Waals surface area contributed by atoms with Gasteiger partial charge in [0.15, 0.2) is 6.10 Å². The van der Waals surface area contributed by atoms with Gasteiger partial charge in [0.05, 0.1) is 13.2 Å². The zero-order valence-electron chi connectivity index (χ0n) is 39.5. The summed E-state index contributed by atoms with van der Waals surface area (Å²) >= 11 is 0. The highest BCUT2D eigenvalue weighted by Crippen LogP contribution is 2.43. The molecule has 0 aromatic rings. The lowest BCUT2D eigenvalue weighted by atomic mass is 10.0. The van der Waals surface area contributed by atoms with E-state index in [4.69, 9.17) is 24.3 Å². The van der Waals surface area contributed by atoms with Gasteiger partial charge in [-0.3, -0.25) is 18.6 Å². The smallest absolute Gasteiger partial charge is 0.462 e. The zero-order valence-corrected chi connectivity index (χ0v) is 40.4. The standard InChI is InChI=1S/C50H98NO8P/c1-3-5-7-9-11-13-15-17-18-19-20-21-22-23-24-25-26-27-28-29-30-31-33-35-37-39-41-43-50(53)59-48(47-58-60(54,55)57-45-44-51)46-56-49(52)42-40-38-36-34-32-16-14-12-10-8-6-4-2/h19-20,48H,3-18,21-47,51H2,1-2H3,(H,54,55)/b20-19-. The lowest BCUT2D eigenvalue weighted by molar-refractivity contribution is -0.161. The molecule has 0 heterocycles. The van der Waals surface area contributed by atoms with Crippen LogP contribution in [0.3, 0.4) is 0 Å². The third-order valence-corrected chi connectivity index (χ3v) is 12.4. The second-order valence-electron chi connectivity index (χ2n) is 17.4. The molecule has 0 saturated heterocycles. The van der Waals surface area contributed by atoms with E-state index in [1.807, 2.05) is 0 Å². The average molecular weight is 872 g/mol. The van der Waals surface area contributed by atoms with Crippen molar-refractivity contribution in [3.63, 3.8) is 0 Å². The molecule has 9 nitrogen and oxygen atoms in total. The first-order valence-electron chi connectivity index (χ1n) is 25.7. The Hall–Kier alpha value is -1.25. The fraction of sp³-hybridized carbons (Fsp3) is 0.920. The third kappa shape index (κ3) is 46.3. The van der Waals surface area contributed by atoms with E-state index in [1.54, 1.807) is 0 Å². The van der Waals surface area contributed by atoms with E-state index in [1.165, 1.54) is 199 Å². The van der Waals surface area contributed by atoms with E-state index >= 15 is 0 Å². The number of carbonyl (C=O) groups is 2. The molecule has 0 spiro atoms. The summed E-state index contributed by atoms with van der Waals surface area (Å²) in [6.07, 6.45) is 51.2. The number of nitrogens with two attached hydrogens (primary N) is 1. The van der Waals surface area contributed by atoms with Crippen molar-refractivity contribution < 1.29 is 37.6 Å². The molecule has 0 amide bonds. The van der Waals surface area contributed by atoms with Gasteiger partial charge in [0.1, 0.15) is 6.61 Å². The molecule has 60 heavy (non-hydrogen) atoms. The predicted molar refractivity (Wildman–Crippen MR) is 252 cm³/mol. The number of carbonyl (C=O) groups excluding carboxylic acids is 2. The number of esters is 2. The topological polar surface area (TPSA) is 134 Å². The highest BCUT2D eigenvalue weighted by molar-refractivity contribution is 7.47. The SMILES string of the molecule is CCCCCCCCCC/C=C\CCCCCCCCCCCCCCCCCC(=O)OC(COC(=O)CCCCCCCCCCCCCC)COP(=O)(O)OCCN. The molecule has 0 aliphatic heterocycles. The Morgan fingerprint density at radius 2 is 0.817 bits per heavy atom. The molecule has 0 aromatic heterocycles. The summed E-state index contributed by atoms with van der Waals surface area (Å²) in [4.78, 5) is 35.0. The van der Waals surface area contributed by atoms with E-state index in [2.05, 4.69) is 26.0 Å². The minimum Gasteiger partial charge on any atom is -0.462 e. The molecular formula is C50H98NO8P. The van der Waals surface area contributed by atoms with Crippen molar-refractivity contribution in [2.24, 2.45) is 5.73 Å². The highest BCUT2D eigenvalue weighted by atomic mass is 31.2.